The summed E-state index contributed by atoms with van der Waals surface area (Å²) >= 11 is 5.90. The third kappa shape index (κ3) is 2.24. The zero-order chi connectivity index (χ0) is 14.3. The molecule has 1 aliphatic rings. The van der Waals surface area contributed by atoms with Crippen LogP contribution in [0.2, 0.25) is 0 Å². The molecule has 0 bridgehead atoms. The minimum atomic E-state index is 0.423. The maximum Gasteiger partial charge on any atom is 0.245 e. The quantitative estimate of drug-likeness (QED) is 0.796. The lowest BCUT2D eigenvalue weighted by atomic mass is 10.1. The van der Waals surface area contributed by atoms with Crippen molar-refractivity contribution in [2.75, 3.05) is 13.0 Å². The molecule has 0 N–H and O–H groups in total. The second kappa shape index (κ2) is 4.88. The fourth-order valence-electron chi connectivity index (χ4n) is 2.69. The molecule has 1 saturated carbocycles. The van der Waals surface area contributed by atoms with Gasteiger partial charge in [-0.25, -0.2) is 9.97 Å². The van der Waals surface area contributed by atoms with E-state index in [4.69, 9.17) is 16.3 Å². The first kappa shape index (κ1) is 13.6. The summed E-state index contributed by atoms with van der Waals surface area (Å²) in [5, 5.41) is 0. The summed E-state index contributed by atoms with van der Waals surface area (Å²) < 4.78 is 7.46. The van der Waals surface area contributed by atoms with E-state index >= 15 is 0 Å². The number of ether oxygens (including phenoxy) is 1. The van der Waals surface area contributed by atoms with E-state index in [1.807, 2.05) is 0 Å². The molecule has 0 radical (unpaired) electrons. The molecule has 3 rings (SSSR count). The van der Waals surface area contributed by atoms with Crippen molar-refractivity contribution in [2.45, 2.75) is 33.2 Å². The number of methoxy groups -OCH3 is 1. The molecule has 108 valence electrons. The lowest BCUT2D eigenvalue weighted by molar-refractivity contribution is 0.401. The Bertz CT molecular complexity index is 637. The van der Waals surface area contributed by atoms with Crippen molar-refractivity contribution in [2.24, 2.45) is 11.3 Å². The number of hydrogen-bond acceptors (Lipinski definition) is 4. The van der Waals surface area contributed by atoms with Crippen LogP contribution in [-0.4, -0.2) is 32.5 Å². The van der Waals surface area contributed by atoms with Crippen LogP contribution in [-0.2, 0) is 13.0 Å². The number of nitrogens with zero attached hydrogens (tertiary/aromatic N) is 4. The Balaban J connectivity index is 2.05. The van der Waals surface area contributed by atoms with Gasteiger partial charge in [-0.05, 0) is 17.8 Å². The molecule has 0 spiro atoms. The number of imidazole rings is 1. The van der Waals surface area contributed by atoms with Gasteiger partial charge >= 0.3 is 0 Å². The Hall–Kier alpha value is -1.36. The van der Waals surface area contributed by atoms with Gasteiger partial charge in [0.25, 0.3) is 0 Å². The Kier molecular flexibility index (Phi) is 3.32. The number of aromatic nitrogens is 4. The van der Waals surface area contributed by atoms with Crippen LogP contribution in [0.4, 0.5) is 0 Å². The Morgan fingerprint density at radius 2 is 2.20 bits per heavy atom. The van der Waals surface area contributed by atoms with E-state index in [1.165, 1.54) is 12.7 Å². The first-order chi connectivity index (χ1) is 9.56. The topological polar surface area (TPSA) is 52.8 Å². The molecule has 0 saturated heterocycles. The third-order valence-corrected chi connectivity index (χ3v) is 4.40. The molecule has 0 amide bonds. The van der Waals surface area contributed by atoms with E-state index in [0.717, 1.165) is 30.0 Å². The van der Waals surface area contributed by atoms with E-state index < -0.39 is 0 Å². The smallest absolute Gasteiger partial charge is 0.245 e. The summed E-state index contributed by atoms with van der Waals surface area (Å²) in [6.45, 7) is 5.54. The number of hydrogen-bond donors (Lipinski definition) is 0. The molecular weight excluding hydrogens is 276 g/mol. The van der Waals surface area contributed by atoms with E-state index in [1.54, 1.807) is 7.11 Å². The van der Waals surface area contributed by atoms with Gasteiger partial charge in [-0.3, -0.25) is 0 Å². The van der Waals surface area contributed by atoms with Gasteiger partial charge in [-0.1, -0.05) is 13.8 Å². The van der Waals surface area contributed by atoms with Gasteiger partial charge in [0.15, 0.2) is 11.2 Å². The second-order valence-corrected chi connectivity index (χ2v) is 6.40. The molecule has 6 heteroatoms. The summed E-state index contributed by atoms with van der Waals surface area (Å²) in [5.41, 5.74) is 2.00. The van der Waals surface area contributed by atoms with Crippen LogP contribution in [0.15, 0.2) is 6.33 Å². The standard InChI is InChI=1S/C14H19ClN4O/c1-14(2)6-9(14)7-19-10(4-5-15)18-11-12(19)16-8-17-13(11)20-3/h8-9H,4-7H2,1-3H3. The van der Waals surface area contributed by atoms with Gasteiger partial charge in [-0.15, -0.1) is 11.6 Å². The zero-order valence-corrected chi connectivity index (χ0v) is 12.8. The summed E-state index contributed by atoms with van der Waals surface area (Å²) in [6.07, 6.45) is 3.51. The molecule has 1 unspecified atom stereocenters. The summed E-state index contributed by atoms with van der Waals surface area (Å²) in [7, 11) is 1.60. The first-order valence-corrected chi connectivity index (χ1v) is 7.40. The molecule has 0 aliphatic heterocycles. The SMILES string of the molecule is COc1ncnc2c1nc(CCCl)n2CC1CC1(C)C. The molecular formula is C14H19ClN4O. The molecule has 1 fully saturated rings. The monoisotopic (exact) mass is 294 g/mol. The molecule has 0 aromatic carbocycles. The molecule has 2 heterocycles. The Labute approximate surface area is 123 Å². The van der Waals surface area contributed by atoms with Crippen molar-refractivity contribution in [3.05, 3.63) is 12.2 Å². The minimum Gasteiger partial charge on any atom is -0.479 e. The molecule has 2 aromatic rings. The van der Waals surface area contributed by atoms with Crippen LogP contribution in [0.3, 0.4) is 0 Å². The predicted octanol–water partition coefficient (Wildman–Crippen LogP) is 2.66. The predicted molar refractivity (Wildman–Crippen MR) is 78.2 cm³/mol. The van der Waals surface area contributed by atoms with Crippen LogP contribution < -0.4 is 4.74 Å². The molecule has 2 aromatic heterocycles. The number of aryl methyl sites for hydroxylation is 1. The number of rotatable bonds is 5. The number of halogens is 1. The van der Waals surface area contributed by atoms with Crippen molar-refractivity contribution >= 4 is 22.8 Å². The van der Waals surface area contributed by atoms with Crippen molar-refractivity contribution in [3.8, 4) is 5.88 Å². The van der Waals surface area contributed by atoms with Crippen LogP contribution in [0.5, 0.6) is 5.88 Å². The molecule has 5 nitrogen and oxygen atoms in total. The van der Waals surface area contributed by atoms with Crippen LogP contribution in [0.1, 0.15) is 26.1 Å². The van der Waals surface area contributed by atoms with E-state index in [9.17, 15) is 0 Å². The van der Waals surface area contributed by atoms with Crippen LogP contribution in [0.25, 0.3) is 11.2 Å². The highest BCUT2D eigenvalue weighted by molar-refractivity contribution is 6.17. The first-order valence-electron chi connectivity index (χ1n) is 6.87. The summed E-state index contributed by atoms with van der Waals surface area (Å²) in [6, 6.07) is 0. The molecule has 1 aliphatic carbocycles. The van der Waals surface area contributed by atoms with E-state index in [-0.39, 0.29) is 0 Å². The minimum absolute atomic E-state index is 0.423. The second-order valence-electron chi connectivity index (χ2n) is 6.02. The maximum atomic E-state index is 5.90. The fraction of sp³-hybridized carbons (Fsp3) is 0.643. The van der Waals surface area contributed by atoms with Gasteiger partial charge in [0.1, 0.15) is 12.2 Å². The fourth-order valence-corrected chi connectivity index (χ4v) is 2.85. The van der Waals surface area contributed by atoms with Crippen LogP contribution in [0, 0.1) is 11.3 Å². The van der Waals surface area contributed by atoms with Crippen molar-refractivity contribution in [1.82, 2.24) is 19.5 Å². The normalized spacial score (nSPS) is 20.3. The lowest BCUT2D eigenvalue weighted by Crippen LogP contribution is -2.09. The number of fused-ring (bicyclic) bond motifs is 1. The highest BCUT2D eigenvalue weighted by Gasteiger charge is 2.45. The highest BCUT2D eigenvalue weighted by atomic mass is 35.5. The van der Waals surface area contributed by atoms with Gasteiger partial charge in [0.05, 0.1) is 7.11 Å². The Morgan fingerprint density at radius 3 is 2.80 bits per heavy atom. The van der Waals surface area contributed by atoms with Crippen molar-refractivity contribution in [1.29, 1.82) is 0 Å². The van der Waals surface area contributed by atoms with Crippen molar-refractivity contribution in [3.63, 3.8) is 0 Å². The maximum absolute atomic E-state index is 5.90. The molecule has 1 atom stereocenters. The average Bonchev–Trinajstić information content (AvgIpc) is 2.87. The summed E-state index contributed by atoms with van der Waals surface area (Å²) in [4.78, 5) is 13.1. The average molecular weight is 295 g/mol. The van der Waals surface area contributed by atoms with Gasteiger partial charge < -0.3 is 9.30 Å². The van der Waals surface area contributed by atoms with E-state index in [0.29, 0.717) is 23.1 Å². The van der Waals surface area contributed by atoms with E-state index in [2.05, 4.69) is 33.4 Å². The molecule has 20 heavy (non-hydrogen) atoms. The zero-order valence-electron chi connectivity index (χ0n) is 12.1. The van der Waals surface area contributed by atoms with Crippen molar-refractivity contribution < 1.29 is 4.74 Å². The summed E-state index contributed by atoms with van der Waals surface area (Å²) in [5.74, 6) is 2.72. The largest absolute Gasteiger partial charge is 0.479 e. The third-order valence-electron chi connectivity index (χ3n) is 4.21. The number of alkyl halides is 1. The lowest BCUT2D eigenvalue weighted by Gasteiger charge is -2.09. The van der Waals surface area contributed by atoms with Gasteiger partial charge in [-0.2, -0.15) is 4.98 Å². The Morgan fingerprint density at radius 1 is 1.45 bits per heavy atom. The van der Waals surface area contributed by atoms with Gasteiger partial charge in [0.2, 0.25) is 5.88 Å². The van der Waals surface area contributed by atoms with Gasteiger partial charge in [0, 0.05) is 18.8 Å². The van der Waals surface area contributed by atoms with Crippen LogP contribution >= 0.6 is 11.6 Å². The highest BCUT2D eigenvalue weighted by Crippen LogP contribution is 2.52.